The molecule has 0 aliphatic carbocycles. The molecule has 0 aromatic heterocycles. The number of aliphatic hydroxyl groups excluding tert-OH is 1. The number of ether oxygens (including phenoxy) is 1. The summed E-state index contributed by atoms with van der Waals surface area (Å²) in [5.74, 6) is -0.862. The van der Waals surface area contributed by atoms with Gasteiger partial charge < -0.3 is 9.84 Å². The number of hydrogen-bond acceptors (Lipinski definition) is 4. The number of carbonyl (C=O) groups excluding carboxylic acids is 1. The summed E-state index contributed by atoms with van der Waals surface area (Å²) in [7, 11) is 0. The van der Waals surface area contributed by atoms with Crippen molar-refractivity contribution < 1.29 is 19.0 Å². The van der Waals surface area contributed by atoms with Crippen LogP contribution in [0, 0.1) is 0 Å². The standard InChI is InChI=1S/C11H13FO3S/c1-2-15-11(14)10(12)16-9-5-3-8(7-13)4-6-9/h3-6,10,13H,2,7H2,1H3. The van der Waals surface area contributed by atoms with Crippen molar-refractivity contribution in [2.24, 2.45) is 0 Å². The number of benzene rings is 1. The Kier molecular flexibility index (Phi) is 5.28. The summed E-state index contributed by atoms with van der Waals surface area (Å²) in [6, 6.07) is 6.67. The first-order valence-electron chi connectivity index (χ1n) is 4.84. The van der Waals surface area contributed by atoms with Gasteiger partial charge in [-0.3, -0.25) is 0 Å². The van der Waals surface area contributed by atoms with E-state index in [9.17, 15) is 9.18 Å². The molecule has 0 heterocycles. The molecule has 0 radical (unpaired) electrons. The van der Waals surface area contributed by atoms with Crippen molar-refractivity contribution in [3.05, 3.63) is 29.8 Å². The zero-order valence-corrected chi connectivity index (χ0v) is 9.67. The van der Waals surface area contributed by atoms with E-state index in [1.165, 1.54) is 0 Å². The largest absolute Gasteiger partial charge is 0.463 e. The quantitative estimate of drug-likeness (QED) is 0.636. The molecule has 0 saturated carbocycles. The molecule has 1 unspecified atom stereocenters. The highest BCUT2D eigenvalue weighted by molar-refractivity contribution is 8.00. The third kappa shape index (κ3) is 3.83. The molecular weight excluding hydrogens is 231 g/mol. The Morgan fingerprint density at radius 1 is 1.50 bits per heavy atom. The van der Waals surface area contributed by atoms with Crippen molar-refractivity contribution in [2.75, 3.05) is 6.61 Å². The second-order valence-corrected chi connectivity index (χ2v) is 4.11. The maximum atomic E-state index is 13.3. The number of alkyl halides is 1. The summed E-state index contributed by atoms with van der Waals surface area (Å²) in [4.78, 5) is 11.6. The second-order valence-electron chi connectivity index (χ2n) is 2.99. The SMILES string of the molecule is CCOC(=O)C(F)Sc1ccc(CO)cc1. The van der Waals surface area contributed by atoms with Crippen molar-refractivity contribution in [3.8, 4) is 0 Å². The van der Waals surface area contributed by atoms with E-state index in [-0.39, 0.29) is 13.2 Å². The lowest BCUT2D eigenvalue weighted by atomic mass is 10.2. The molecule has 0 spiro atoms. The number of esters is 1. The minimum absolute atomic E-state index is 0.0537. The first-order valence-corrected chi connectivity index (χ1v) is 5.72. The molecule has 1 atom stereocenters. The molecule has 5 heteroatoms. The fraction of sp³-hybridized carbons (Fsp3) is 0.364. The van der Waals surface area contributed by atoms with Gasteiger partial charge in [0.05, 0.1) is 13.2 Å². The van der Waals surface area contributed by atoms with E-state index < -0.39 is 11.5 Å². The number of carbonyl (C=O) groups is 1. The van der Waals surface area contributed by atoms with Gasteiger partial charge in [0.2, 0.25) is 5.50 Å². The maximum absolute atomic E-state index is 13.3. The predicted molar refractivity (Wildman–Crippen MR) is 59.8 cm³/mol. The van der Waals surface area contributed by atoms with Gasteiger partial charge in [-0.25, -0.2) is 9.18 Å². The van der Waals surface area contributed by atoms with Crippen LogP contribution in [-0.4, -0.2) is 23.2 Å². The lowest BCUT2D eigenvalue weighted by molar-refractivity contribution is -0.145. The summed E-state index contributed by atoms with van der Waals surface area (Å²) >= 11 is 0.788. The van der Waals surface area contributed by atoms with Crippen molar-refractivity contribution >= 4 is 17.7 Å². The average Bonchev–Trinajstić information content (AvgIpc) is 2.30. The van der Waals surface area contributed by atoms with Gasteiger partial charge in [0, 0.05) is 4.90 Å². The molecule has 0 aliphatic heterocycles. The summed E-state index contributed by atoms with van der Waals surface area (Å²) in [6.45, 7) is 1.75. The van der Waals surface area contributed by atoms with Crippen molar-refractivity contribution in [2.45, 2.75) is 23.9 Å². The van der Waals surface area contributed by atoms with Crippen LogP contribution in [0.15, 0.2) is 29.2 Å². The minimum Gasteiger partial charge on any atom is -0.463 e. The summed E-state index contributed by atoms with van der Waals surface area (Å²) in [6.07, 6.45) is 0. The monoisotopic (exact) mass is 244 g/mol. The molecule has 16 heavy (non-hydrogen) atoms. The van der Waals surface area contributed by atoms with Crippen molar-refractivity contribution in [3.63, 3.8) is 0 Å². The Hall–Kier alpha value is -1.07. The third-order valence-electron chi connectivity index (χ3n) is 1.82. The molecule has 0 saturated heterocycles. The van der Waals surface area contributed by atoms with Gasteiger partial charge in [0.1, 0.15) is 0 Å². The smallest absolute Gasteiger partial charge is 0.351 e. The van der Waals surface area contributed by atoms with E-state index in [2.05, 4.69) is 4.74 Å². The zero-order chi connectivity index (χ0) is 12.0. The van der Waals surface area contributed by atoms with Crippen LogP contribution in [0.25, 0.3) is 0 Å². The first-order chi connectivity index (χ1) is 7.67. The van der Waals surface area contributed by atoms with Gasteiger partial charge in [-0.05, 0) is 24.6 Å². The molecule has 3 nitrogen and oxygen atoms in total. The minimum atomic E-state index is -1.71. The molecular formula is C11H13FO3S. The summed E-state index contributed by atoms with van der Waals surface area (Å²) in [5.41, 5.74) is -0.962. The molecule has 0 amide bonds. The highest BCUT2D eigenvalue weighted by Crippen LogP contribution is 2.25. The normalized spacial score (nSPS) is 12.2. The molecule has 1 rings (SSSR count). The molecule has 1 N–H and O–H groups in total. The Labute approximate surface area is 97.6 Å². The summed E-state index contributed by atoms with van der Waals surface area (Å²) < 4.78 is 17.8. The van der Waals surface area contributed by atoms with E-state index >= 15 is 0 Å². The lowest BCUT2D eigenvalue weighted by Crippen LogP contribution is -2.15. The molecule has 1 aromatic carbocycles. The number of rotatable bonds is 5. The number of thioether (sulfide) groups is 1. The van der Waals surface area contributed by atoms with Gasteiger partial charge in [0.15, 0.2) is 0 Å². The molecule has 0 fully saturated rings. The van der Waals surface area contributed by atoms with Gasteiger partial charge in [0.25, 0.3) is 0 Å². The maximum Gasteiger partial charge on any atom is 0.351 e. The first kappa shape index (κ1) is 13.0. The van der Waals surface area contributed by atoms with Crippen LogP contribution in [0.1, 0.15) is 12.5 Å². The molecule has 1 aromatic rings. The van der Waals surface area contributed by atoms with Crippen molar-refractivity contribution in [1.29, 1.82) is 0 Å². The van der Waals surface area contributed by atoms with Gasteiger partial charge in [-0.1, -0.05) is 23.9 Å². The highest BCUT2D eigenvalue weighted by atomic mass is 32.2. The van der Waals surface area contributed by atoms with Crippen LogP contribution >= 0.6 is 11.8 Å². The van der Waals surface area contributed by atoms with Gasteiger partial charge in [-0.2, -0.15) is 0 Å². The highest BCUT2D eigenvalue weighted by Gasteiger charge is 2.19. The Morgan fingerprint density at radius 3 is 2.62 bits per heavy atom. The lowest BCUT2D eigenvalue weighted by Gasteiger charge is -2.07. The number of halogens is 1. The van der Waals surface area contributed by atoms with E-state index in [4.69, 9.17) is 5.11 Å². The van der Waals surface area contributed by atoms with E-state index in [0.717, 1.165) is 17.3 Å². The number of hydrogen-bond donors (Lipinski definition) is 1. The topological polar surface area (TPSA) is 46.5 Å². The fourth-order valence-electron chi connectivity index (χ4n) is 1.05. The Bertz CT molecular complexity index is 340. The van der Waals surface area contributed by atoms with E-state index in [1.807, 2.05) is 0 Å². The molecule has 0 aliphatic rings. The third-order valence-corrected chi connectivity index (χ3v) is 2.76. The van der Waals surface area contributed by atoms with Crippen LogP contribution in [-0.2, 0) is 16.1 Å². The van der Waals surface area contributed by atoms with Crippen LogP contribution in [0.4, 0.5) is 4.39 Å². The average molecular weight is 244 g/mol. The zero-order valence-electron chi connectivity index (χ0n) is 8.85. The van der Waals surface area contributed by atoms with E-state index in [1.54, 1.807) is 31.2 Å². The Balaban J connectivity index is 2.55. The van der Waals surface area contributed by atoms with Crippen LogP contribution in [0.5, 0.6) is 0 Å². The van der Waals surface area contributed by atoms with Crippen molar-refractivity contribution in [1.82, 2.24) is 0 Å². The molecule has 0 bridgehead atoms. The van der Waals surface area contributed by atoms with Gasteiger partial charge in [-0.15, -0.1) is 0 Å². The Morgan fingerprint density at radius 2 is 2.12 bits per heavy atom. The van der Waals surface area contributed by atoms with Gasteiger partial charge >= 0.3 is 5.97 Å². The molecule has 88 valence electrons. The second kappa shape index (κ2) is 6.50. The number of aliphatic hydroxyl groups is 1. The van der Waals surface area contributed by atoms with E-state index in [0.29, 0.717) is 4.90 Å². The van der Waals surface area contributed by atoms with Crippen LogP contribution < -0.4 is 0 Å². The summed E-state index contributed by atoms with van der Waals surface area (Å²) in [5, 5.41) is 8.81. The van der Waals surface area contributed by atoms with Crippen LogP contribution in [0.3, 0.4) is 0 Å². The van der Waals surface area contributed by atoms with Crippen LogP contribution in [0.2, 0.25) is 0 Å². The predicted octanol–water partition coefficient (Wildman–Crippen LogP) is 2.13. The fourth-order valence-corrected chi connectivity index (χ4v) is 1.75.